The van der Waals surface area contributed by atoms with Gasteiger partial charge in [-0.05, 0) is 102 Å². The Kier molecular flexibility index (Phi) is 13.6. The van der Waals surface area contributed by atoms with Crippen LogP contribution in [-0.4, -0.2) is 79.9 Å². The molecule has 0 spiro atoms. The molecule has 2 amide bonds. The first-order valence-corrected chi connectivity index (χ1v) is 23.4. The van der Waals surface area contributed by atoms with Gasteiger partial charge >= 0.3 is 0 Å². The molecule has 3 heterocycles. The zero-order chi connectivity index (χ0) is 44.0. The van der Waals surface area contributed by atoms with Crippen LogP contribution in [0.15, 0.2) is 118 Å². The summed E-state index contributed by atoms with van der Waals surface area (Å²) in [7, 11) is 1.11. The van der Waals surface area contributed by atoms with Crippen LogP contribution in [0.1, 0.15) is 45.2 Å². The van der Waals surface area contributed by atoms with Gasteiger partial charge < -0.3 is 33.4 Å². The number of aliphatic hydroxyl groups excluding tert-OH is 1. The maximum absolute atomic E-state index is 14.1. The van der Waals surface area contributed by atoms with Gasteiger partial charge in [-0.25, -0.2) is 10.1 Å². The van der Waals surface area contributed by atoms with E-state index in [1.54, 1.807) is 60.6 Å². The van der Waals surface area contributed by atoms with Gasteiger partial charge in [-0.1, -0.05) is 62.3 Å². The van der Waals surface area contributed by atoms with Gasteiger partial charge in [0.25, 0.3) is 5.91 Å². The second kappa shape index (κ2) is 19.3. The van der Waals surface area contributed by atoms with E-state index in [1.165, 1.54) is 7.05 Å². The fraction of sp³-hybridized carbons (Fsp3) is 0.370. The third-order valence-electron chi connectivity index (χ3n) is 11.8. The summed E-state index contributed by atoms with van der Waals surface area (Å²) >= 11 is 0. The van der Waals surface area contributed by atoms with Gasteiger partial charge in [0, 0.05) is 23.7 Å². The molecule has 3 aliphatic heterocycles. The minimum Gasteiger partial charge on any atom is -0.493 e. The number of aliphatic hydroxyl groups is 1. The minimum atomic E-state index is -1.99. The Labute approximate surface area is 362 Å². The summed E-state index contributed by atoms with van der Waals surface area (Å²) in [6.07, 6.45) is 8.14. The zero-order valence-electron chi connectivity index (χ0n) is 35.8. The topological polar surface area (TPSA) is 177 Å². The highest BCUT2D eigenvalue weighted by Gasteiger charge is 2.57. The van der Waals surface area contributed by atoms with E-state index < -0.39 is 20.3 Å². The average Bonchev–Trinajstić information content (AvgIpc) is 3.61. The van der Waals surface area contributed by atoms with Crippen molar-refractivity contribution in [3.63, 3.8) is 0 Å². The maximum atomic E-state index is 14.1. The molecule has 62 heavy (non-hydrogen) atoms. The van der Waals surface area contributed by atoms with Crippen LogP contribution in [0, 0.1) is 5.92 Å². The molecule has 4 aliphatic rings. The molecule has 1 N–H and O–H groups in total. The molecule has 1 unspecified atom stereocenters. The number of carbonyl (C=O) groups excluding carboxylic acids is 2. The van der Waals surface area contributed by atoms with Gasteiger partial charge in [0.15, 0.2) is 31.3 Å². The first-order chi connectivity index (χ1) is 30.0. The minimum absolute atomic E-state index is 0.0862. The molecule has 4 atom stereocenters. The van der Waals surface area contributed by atoms with Crippen LogP contribution >= 0.6 is 0 Å². The van der Waals surface area contributed by atoms with Crippen molar-refractivity contribution in [3.05, 3.63) is 130 Å². The predicted molar refractivity (Wildman–Crippen MR) is 236 cm³/mol. The lowest BCUT2D eigenvalue weighted by molar-refractivity contribution is -0.183. The van der Waals surface area contributed by atoms with Crippen LogP contribution < -0.4 is 18.9 Å². The molecule has 1 aliphatic carbocycles. The summed E-state index contributed by atoms with van der Waals surface area (Å²) < 4.78 is 30.7. The van der Waals surface area contributed by atoms with Crippen molar-refractivity contribution in [1.29, 1.82) is 0 Å². The molecule has 1 saturated heterocycles. The predicted octanol–water partition coefficient (Wildman–Crippen LogP) is 8.92. The summed E-state index contributed by atoms with van der Waals surface area (Å²) in [5.74, 6) is 1.73. The van der Waals surface area contributed by atoms with E-state index in [1.807, 2.05) is 49.4 Å². The van der Waals surface area contributed by atoms with Gasteiger partial charge in [-0.2, -0.15) is 0 Å². The number of likely N-dealkylation sites (N-methyl/N-ethyl adjacent to an activating group) is 1. The first-order valence-electron chi connectivity index (χ1n) is 20.9. The summed E-state index contributed by atoms with van der Waals surface area (Å²) in [5.41, 5.74) is 13.1. The highest BCUT2D eigenvalue weighted by atomic mass is 28.4. The Morgan fingerprint density at radius 3 is 2.55 bits per heavy atom. The Morgan fingerprint density at radius 2 is 1.82 bits per heavy atom. The molecule has 0 saturated carbocycles. The second-order valence-corrected chi connectivity index (χ2v) is 20.2. The Morgan fingerprint density at radius 1 is 1.06 bits per heavy atom. The molecule has 3 aromatic carbocycles. The summed E-state index contributed by atoms with van der Waals surface area (Å²) in [5, 5.41) is 14.7. The molecule has 0 aromatic heterocycles. The molecule has 7 rings (SSSR count). The summed E-state index contributed by atoms with van der Waals surface area (Å²) in [6.45, 7) is 9.00. The number of benzene rings is 3. The van der Waals surface area contributed by atoms with Crippen molar-refractivity contribution >= 4 is 37.2 Å². The van der Waals surface area contributed by atoms with Gasteiger partial charge in [-0.15, -0.1) is 0 Å². The van der Waals surface area contributed by atoms with Gasteiger partial charge in [0.2, 0.25) is 5.91 Å². The molecule has 0 bridgehead atoms. The molecule has 324 valence electrons. The van der Waals surface area contributed by atoms with Gasteiger partial charge in [0.1, 0.15) is 42.7 Å². The fourth-order valence-electron chi connectivity index (χ4n) is 8.17. The van der Waals surface area contributed by atoms with E-state index in [9.17, 15) is 14.7 Å². The average molecular weight is 861 g/mol. The van der Waals surface area contributed by atoms with Crippen LogP contribution in [0.3, 0.4) is 0 Å². The quantitative estimate of drug-likeness (QED) is 0.0308. The molecule has 16 heteroatoms. The molecule has 0 radical (unpaired) electrons. The lowest BCUT2D eigenvalue weighted by atomic mass is 9.83. The third-order valence-corrected chi connectivity index (χ3v) is 16.6. The second-order valence-electron chi connectivity index (χ2n) is 15.5. The highest BCUT2D eigenvalue weighted by molar-refractivity contribution is 6.73. The standard InChI is InChI=1S/C46H52N6O9Si/c1-7-62(8-2,9-3)61-29(4)43-38-24-32(44(52(38)45(43)54)46(55)51(5)59-28-30-12-15-33(16-13-30)49-50-47)11-10-22-57-39-21-14-31(23-42(39)56-6)27-58-35-18-20-37-41(26-35)60-40-25-34(53)17-19-36(40)48-37/h10-21,23,25-26,29,34,38,43,53H,7-9,22,24,27-28H2,1-6H3/b11-10+/t29-,34?,38-,43-/m1/s1. The number of fused-ring (bicyclic) bond motifs is 3. The van der Waals surface area contributed by atoms with E-state index in [0.717, 1.165) is 34.3 Å². The van der Waals surface area contributed by atoms with Crippen LogP contribution in [0.4, 0.5) is 11.4 Å². The Bertz CT molecular complexity index is 2380. The number of methoxy groups -OCH3 is 1. The summed E-state index contributed by atoms with van der Waals surface area (Å²) in [4.78, 5) is 42.9. The number of aliphatic imine (C=N–C) groups is 1. The van der Waals surface area contributed by atoms with Gasteiger partial charge in [0.05, 0.1) is 31.3 Å². The number of amides is 2. The van der Waals surface area contributed by atoms with Crippen molar-refractivity contribution in [2.75, 3.05) is 20.8 Å². The van der Waals surface area contributed by atoms with E-state index in [0.29, 0.717) is 57.8 Å². The molecule has 1 fully saturated rings. The van der Waals surface area contributed by atoms with E-state index in [4.69, 9.17) is 33.7 Å². The fourth-order valence-corrected chi connectivity index (χ4v) is 11.1. The van der Waals surface area contributed by atoms with Crippen LogP contribution in [0.25, 0.3) is 10.4 Å². The van der Waals surface area contributed by atoms with Crippen LogP contribution in [0.5, 0.6) is 23.0 Å². The molecular formula is C46H52N6O9Si. The van der Waals surface area contributed by atoms with Crippen molar-refractivity contribution in [3.8, 4) is 23.0 Å². The van der Waals surface area contributed by atoms with Gasteiger partial charge in [-0.3, -0.25) is 14.4 Å². The number of rotatable bonds is 19. The van der Waals surface area contributed by atoms with Crippen molar-refractivity contribution in [1.82, 2.24) is 9.96 Å². The lowest BCUT2D eigenvalue weighted by Gasteiger charge is -2.48. The van der Waals surface area contributed by atoms with Crippen molar-refractivity contribution < 1.29 is 42.9 Å². The van der Waals surface area contributed by atoms with E-state index >= 15 is 0 Å². The Hall–Kier alpha value is -6.16. The number of nitrogens with zero attached hydrogens (tertiary/aromatic N) is 6. The number of hydrogen-bond acceptors (Lipinski definition) is 11. The van der Waals surface area contributed by atoms with Crippen LogP contribution in [0.2, 0.25) is 18.1 Å². The normalized spacial score (nSPS) is 19.3. The van der Waals surface area contributed by atoms with E-state index in [-0.39, 0.29) is 49.5 Å². The number of hydroxylamine groups is 2. The number of allylic oxidation sites excluding steroid dienone is 2. The third kappa shape index (κ3) is 9.34. The van der Waals surface area contributed by atoms with Crippen molar-refractivity contribution in [2.24, 2.45) is 16.0 Å². The molecule has 3 aromatic rings. The summed E-state index contributed by atoms with van der Waals surface area (Å²) in [6, 6.07) is 20.5. The number of carbonyl (C=O) groups is 2. The smallest absolute Gasteiger partial charge is 0.294 e. The van der Waals surface area contributed by atoms with Crippen molar-refractivity contribution in [2.45, 2.75) is 83.7 Å². The SMILES string of the molecule is CC[Si](CC)(CC)O[C@H](C)[C@H]1C(=O)N2C(C(=O)N(C)OCc3ccc(N=[N+]=[N-])cc3)=C(/C=C/COc3ccc(COc4ccc5c(c4)OC4=CC(O)C=CC4=N5)cc3OC)C[C@H]12. The number of hydrogen-bond donors (Lipinski definition) is 1. The van der Waals surface area contributed by atoms with Crippen LogP contribution in [-0.2, 0) is 32.1 Å². The maximum Gasteiger partial charge on any atom is 0.294 e. The largest absolute Gasteiger partial charge is 0.493 e. The number of azide groups is 1. The lowest BCUT2D eigenvalue weighted by Crippen LogP contribution is -2.63. The monoisotopic (exact) mass is 860 g/mol. The molecular weight excluding hydrogens is 809 g/mol. The number of ether oxygens (including phenoxy) is 4. The number of β-lactam (4-membered cyclic amide) rings is 1. The Balaban J connectivity index is 1.02. The van der Waals surface area contributed by atoms with E-state index in [2.05, 4.69) is 35.8 Å². The molecule has 15 nitrogen and oxygen atoms in total. The first kappa shape index (κ1) is 43.9. The zero-order valence-corrected chi connectivity index (χ0v) is 36.8. The highest BCUT2D eigenvalue weighted by Crippen LogP contribution is 2.46.